The lowest BCUT2D eigenvalue weighted by Crippen LogP contribution is -2.41. The molecule has 37 heavy (non-hydrogen) atoms. The molecule has 9 nitrogen and oxygen atoms in total. The van der Waals surface area contributed by atoms with Gasteiger partial charge in [0.15, 0.2) is 5.82 Å². The minimum Gasteiger partial charge on any atom is -0.324 e. The average molecular weight is 561 g/mol. The predicted molar refractivity (Wildman–Crippen MR) is 141 cm³/mol. The summed E-state index contributed by atoms with van der Waals surface area (Å²) in [5, 5.41) is 7.96. The van der Waals surface area contributed by atoms with E-state index in [1.165, 1.54) is 22.9 Å². The summed E-state index contributed by atoms with van der Waals surface area (Å²) < 4.78 is 17.7. The Hall–Kier alpha value is -3.73. The van der Waals surface area contributed by atoms with Crippen LogP contribution in [0.5, 0.6) is 0 Å². The standard InChI is InChI=1S/C24H17Cl3FN7O2/c1-12-3-15(9-29-8-12)35-23(36)31-22(30-20-6-14-11-33(2)32-19(14)7-16(20)25)34(24(35)37)10-13-4-17(26)21(28)18(27)5-13/h3-9,11H,10H2,1-2H3,(H,30,31,36). The number of hydrogen-bond acceptors (Lipinski definition) is 6. The molecule has 13 heteroatoms. The lowest BCUT2D eigenvalue weighted by Gasteiger charge is -2.17. The van der Waals surface area contributed by atoms with E-state index in [4.69, 9.17) is 34.8 Å². The molecule has 0 aliphatic heterocycles. The summed E-state index contributed by atoms with van der Waals surface area (Å²) in [4.78, 5) is 34.9. The maximum Gasteiger partial charge on any atom is 0.359 e. The molecule has 188 valence electrons. The van der Waals surface area contributed by atoms with Gasteiger partial charge in [-0.3, -0.25) is 14.2 Å². The molecule has 0 saturated heterocycles. The second-order valence-electron chi connectivity index (χ2n) is 8.33. The zero-order chi connectivity index (χ0) is 26.4. The van der Waals surface area contributed by atoms with Gasteiger partial charge in [0.1, 0.15) is 0 Å². The van der Waals surface area contributed by atoms with E-state index in [-0.39, 0.29) is 28.2 Å². The third-order valence-corrected chi connectivity index (χ3v) is 6.39. The van der Waals surface area contributed by atoms with Gasteiger partial charge in [0, 0.05) is 24.8 Å². The molecule has 0 radical (unpaired) electrons. The number of rotatable bonds is 5. The first-order chi connectivity index (χ1) is 17.6. The Morgan fingerprint density at radius 1 is 1.00 bits per heavy atom. The Kier molecular flexibility index (Phi) is 6.49. The highest BCUT2D eigenvalue weighted by atomic mass is 35.5. The molecule has 0 bridgehead atoms. The molecule has 0 atom stereocenters. The number of benzene rings is 2. The van der Waals surface area contributed by atoms with Gasteiger partial charge in [0.25, 0.3) is 0 Å². The largest absolute Gasteiger partial charge is 0.359 e. The van der Waals surface area contributed by atoms with E-state index in [1.54, 1.807) is 49.2 Å². The number of halogens is 4. The SMILES string of the molecule is Cc1cncc(-n2c(=O)nc(Nc3cc4cn(C)nc4cc3Cl)n(Cc3cc(Cl)c(F)c(Cl)c3)c2=O)c1. The quantitative estimate of drug-likeness (QED) is 0.308. The van der Waals surface area contributed by atoms with Crippen molar-refractivity contribution in [3.05, 3.63) is 102 Å². The summed E-state index contributed by atoms with van der Waals surface area (Å²) >= 11 is 18.4. The fourth-order valence-corrected chi connectivity index (χ4v) is 4.62. The Morgan fingerprint density at radius 2 is 1.73 bits per heavy atom. The van der Waals surface area contributed by atoms with Crippen molar-refractivity contribution in [2.75, 3.05) is 5.32 Å². The molecule has 5 rings (SSSR count). The van der Waals surface area contributed by atoms with Crippen molar-refractivity contribution in [2.24, 2.45) is 7.05 Å². The molecule has 2 aromatic carbocycles. The van der Waals surface area contributed by atoms with Crippen molar-refractivity contribution in [3.63, 3.8) is 0 Å². The molecule has 0 unspecified atom stereocenters. The third-order valence-electron chi connectivity index (χ3n) is 5.53. The van der Waals surface area contributed by atoms with Crippen LogP contribution in [0.3, 0.4) is 0 Å². The molecule has 0 amide bonds. The van der Waals surface area contributed by atoms with E-state index in [0.717, 1.165) is 15.5 Å². The van der Waals surface area contributed by atoms with Crippen LogP contribution in [-0.2, 0) is 13.6 Å². The van der Waals surface area contributed by atoms with Crippen LogP contribution >= 0.6 is 34.8 Å². The lowest BCUT2D eigenvalue weighted by atomic mass is 10.2. The van der Waals surface area contributed by atoms with Crippen LogP contribution < -0.4 is 16.7 Å². The topological polar surface area (TPSA) is 99.6 Å². The molecule has 3 heterocycles. The first-order valence-corrected chi connectivity index (χ1v) is 11.9. The zero-order valence-electron chi connectivity index (χ0n) is 19.3. The summed E-state index contributed by atoms with van der Waals surface area (Å²) in [5.74, 6) is -0.864. The number of nitrogens with one attached hydrogen (secondary N) is 1. The fourth-order valence-electron chi connectivity index (χ4n) is 3.88. The highest BCUT2D eigenvalue weighted by molar-refractivity contribution is 6.35. The van der Waals surface area contributed by atoms with Gasteiger partial charge in [-0.1, -0.05) is 34.8 Å². The lowest BCUT2D eigenvalue weighted by molar-refractivity contribution is 0.624. The minimum absolute atomic E-state index is 0.0893. The molecule has 0 saturated carbocycles. The van der Waals surface area contributed by atoms with Gasteiger partial charge in [-0.25, -0.2) is 18.5 Å². The number of anilines is 2. The fraction of sp³-hybridized carbons (Fsp3) is 0.125. The summed E-state index contributed by atoms with van der Waals surface area (Å²) in [6.45, 7) is 1.64. The van der Waals surface area contributed by atoms with E-state index >= 15 is 0 Å². The van der Waals surface area contributed by atoms with Gasteiger partial charge >= 0.3 is 11.4 Å². The summed E-state index contributed by atoms with van der Waals surface area (Å²) in [5.41, 5.74) is 0.910. The van der Waals surface area contributed by atoms with Crippen LogP contribution in [-0.4, -0.2) is 28.9 Å². The normalized spacial score (nSPS) is 11.3. The maximum atomic E-state index is 14.0. The van der Waals surface area contributed by atoms with Crippen molar-refractivity contribution >= 4 is 57.3 Å². The molecule has 5 aromatic rings. The Balaban J connectivity index is 1.69. The van der Waals surface area contributed by atoms with Crippen molar-refractivity contribution < 1.29 is 4.39 Å². The monoisotopic (exact) mass is 559 g/mol. The second kappa shape index (κ2) is 9.62. The van der Waals surface area contributed by atoms with E-state index in [2.05, 4.69) is 20.4 Å². The number of nitrogens with zero attached hydrogens (tertiary/aromatic N) is 6. The highest BCUT2D eigenvalue weighted by Gasteiger charge is 2.18. The number of aromatic nitrogens is 6. The highest BCUT2D eigenvalue weighted by Crippen LogP contribution is 2.30. The zero-order valence-corrected chi connectivity index (χ0v) is 21.6. The summed E-state index contributed by atoms with van der Waals surface area (Å²) in [6, 6.07) is 7.70. The molecular weight excluding hydrogens is 544 g/mol. The second-order valence-corrected chi connectivity index (χ2v) is 9.56. The van der Waals surface area contributed by atoms with E-state index < -0.39 is 17.2 Å². The van der Waals surface area contributed by atoms with Gasteiger partial charge in [-0.05, 0) is 48.4 Å². The molecule has 0 fully saturated rings. The number of fused-ring (bicyclic) bond motifs is 1. The predicted octanol–water partition coefficient (Wildman–Crippen LogP) is 4.88. The Morgan fingerprint density at radius 3 is 2.43 bits per heavy atom. The number of pyridine rings is 1. The molecule has 0 spiro atoms. The van der Waals surface area contributed by atoms with Crippen LogP contribution in [0.2, 0.25) is 15.1 Å². The van der Waals surface area contributed by atoms with Crippen molar-refractivity contribution in [1.82, 2.24) is 28.9 Å². The van der Waals surface area contributed by atoms with Crippen LogP contribution in [0.1, 0.15) is 11.1 Å². The molecule has 0 aliphatic rings. The van der Waals surface area contributed by atoms with Crippen molar-refractivity contribution in [1.29, 1.82) is 0 Å². The first-order valence-electron chi connectivity index (χ1n) is 10.8. The third kappa shape index (κ3) is 4.83. The average Bonchev–Trinajstić information content (AvgIpc) is 3.18. The summed E-state index contributed by atoms with van der Waals surface area (Å²) in [7, 11) is 1.78. The van der Waals surface area contributed by atoms with Crippen molar-refractivity contribution in [2.45, 2.75) is 13.5 Å². The van der Waals surface area contributed by atoms with E-state index in [9.17, 15) is 14.0 Å². The maximum absolute atomic E-state index is 14.0. The van der Waals surface area contributed by atoms with E-state index in [1.807, 2.05) is 0 Å². The van der Waals surface area contributed by atoms with Gasteiger partial charge in [0.05, 0.1) is 44.7 Å². The molecule has 0 aliphatic carbocycles. The van der Waals surface area contributed by atoms with Gasteiger partial charge in [0.2, 0.25) is 5.95 Å². The molecule has 3 aromatic heterocycles. The smallest absolute Gasteiger partial charge is 0.324 e. The molecular formula is C24H17Cl3FN7O2. The van der Waals surface area contributed by atoms with Crippen LogP contribution in [0.25, 0.3) is 16.6 Å². The van der Waals surface area contributed by atoms with Crippen molar-refractivity contribution in [3.8, 4) is 5.69 Å². The Labute approximate surface area is 223 Å². The van der Waals surface area contributed by atoms with Gasteiger partial charge in [-0.15, -0.1) is 0 Å². The van der Waals surface area contributed by atoms with Crippen LogP contribution in [0.15, 0.2) is 58.5 Å². The number of aryl methyl sites for hydroxylation is 2. The minimum atomic E-state index is -0.829. The first kappa shape index (κ1) is 24.9. The van der Waals surface area contributed by atoms with Gasteiger partial charge in [-0.2, -0.15) is 10.1 Å². The van der Waals surface area contributed by atoms with Crippen LogP contribution in [0, 0.1) is 12.7 Å². The molecule has 1 N–H and O–H groups in total. The number of hydrogen-bond donors (Lipinski definition) is 1. The van der Waals surface area contributed by atoms with Crippen LogP contribution in [0.4, 0.5) is 16.0 Å². The summed E-state index contributed by atoms with van der Waals surface area (Å²) in [6.07, 6.45) is 4.77. The van der Waals surface area contributed by atoms with E-state index in [0.29, 0.717) is 21.8 Å². The Bertz CT molecular complexity index is 1790. The van der Waals surface area contributed by atoms with Gasteiger partial charge < -0.3 is 5.32 Å².